The zero-order valence-corrected chi connectivity index (χ0v) is 15.0. The van der Waals surface area contributed by atoms with E-state index in [1.54, 1.807) is 26.0 Å². The van der Waals surface area contributed by atoms with Crippen molar-refractivity contribution in [2.45, 2.75) is 20.0 Å². The Morgan fingerprint density at radius 3 is 2.57 bits per heavy atom. The molecule has 3 rings (SSSR count). The maximum atomic E-state index is 13.9. The largest absolute Gasteiger partial charge is 0.462 e. The van der Waals surface area contributed by atoms with Gasteiger partial charge in [-0.2, -0.15) is 13.2 Å². The van der Waals surface area contributed by atoms with Crippen molar-refractivity contribution in [2.24, 2.45) is 0 Å². The van der Waals surface area contributed by atoms with Crippen LogP contribution in [-0.4, -0.2) is 17.6 Å². The van der Waals surface area contributed by atoms with Crippen molar-refractivity contribution in [2.75, 3.05) is 11.9 Å². The molecule has 0 unspecified atom stereocenters. The van der Waals surface area contributed by atoms with Crippen LogP contribution in [0.25, 0.3) is 10.9 Å². The summed E-state index contributed by atoms with van der Waals surface area (Å²) in [6, 6.07) is 7.41. The molecule has 0 saturated carbocycles. The van der Waals surface area contributed by atoms with Gasteiger partial charge in [-0.25, -0.2) is 9.18 Å². The lowest BCUT2D eigenvalue weighted by atomic mass is 10.1. The van der Waals surface area contributed by atoms with Crippen molar-refractivity contribution in [3.63, 3.8) is 0 Å². The van der Waals surface area contributed by atoms with Crippen molar-refractivity contribution in [1.82, 2.24) is 4.98 Å². The number of rotatable bonds is 4. The third-order valence-corrected chi connectivity index (χ3v) is 4.13. The van der Waals surface area contributed by atoms with Crippen LogP contribution in [0.15, 0.2) is 42.6 Å². The number of hydrogen-bond donors (Lipinski definition) is 1. The van der Waals surface area contributed by atoms with Crippen molar-refractivity contribution in [3.8, 4) is 0 Å². The van der Waals surface area contributed by atoms with Gasteiger partial charge in [0.2, 0.25) is 0 Å². The maximum absolute atomic E-state index is 13.9. The summed E-state index contributed by atoms with van der Waals surface area (Å²) in [5.74, 6) is -1.15. The first-order chi connectivity index (χ1) is 13.2. The van der Waals surface area contributed by atoms with Crippen molar-refractivity contribution >= 4 is 28.2 Å². The highest BCUT2D eigenvalue weighted by atomic mass is 19.4. The fraction of sp³-hybridized carbons (Fsp3) is 0.200. The lowest BCUT2D eigenvalue weighted by Gasteiger charge is -2.15. The highest BCUT2D eigenvalue weighted by Gasteiger charge is 2.31. The Labute approximate surface area is 158 Å². The normalized spacial score (nSPS) is 11.5. The van der Waals surface area contributed by atoms with Gasteiger partial charge in [-0.1, -0.05) is 12.1 Å². The number of anilines is 2. The second-order valence-corrected chi connectivity index (χ2v) is 6.09. The molecule has 3 aromatic rings. The summed E-state index contributed by atoms with van der Waals surface area (Å²) in [7, 11) is 0. The van der Waals surface area contributed by atoms with Gasteiger partial charge in [0.25, 0.3) is 0 Å². The standard InChI is InChI=1S/C20H16F4N2O2/c1-3-28-19(27)15-10-25-17-8-12(20(22,23)24)5-7-14(17)18(15)26-13-6-4-11(2)16(21)9-13/h4-10H,3H2,1-2H3,(H,25,26). The van der Waals surface area contributed by atoms with Crippen LogP contribution in [0.5, 0.6) is 0 Å². The average molecular weight is 392 g/mol. The molecule has 1 heterocycles. The van der Waals surface area contributed by atoms with Crippen molar-refractivity contribution in [1.29, 1.82) is 0 Å². The number of carbonyl (C=O) groups excluding carboxylic acids is 1. The highest BCUT2D eigenvalue weighted by molar-refractivity contribution is 6.06. The molecular weight excluding hydrogens is 376 g/mol. The molecule has 0 aliphatic heterocycles. The van der Waals surface area contributed by atoms with E-state index in [1.807, 2.05) is 0 Å². The summed E-state index contributed by atoms with van der Waals surface area (Å²) in [6.45, 7) is 3.34. The Hall–Kier alpha value is -3.16. The zero-order valence-electron chi connectivity index (χ0n) is 15.0. The van der Waals surface area contributed by atoms with Gasteiger partial charge in [0.15, 0.2) is 0 Å². The first-order valence-corrected chi connectivity index (χ1v) is 8.41. The molecule has 146 valence electrons. The van der Waals surface area contributed by atoms with Gasteiger partial charge >= 0.3 is 12.1 Å². The van der Waals surface area contributed by atoms with Crippen LogP contribution in [0.2, 0.25) is 0 Å². The molecule has 1 aromatic heterocycles. The van der Waals surface area contributed by atoms with Crippen LogP contribution in [0.3, 0.4) is 0 Å². The maximum Gasteiger partial charge on any atom is 0.416 e. The second kappa shape index (κ2) is 7.46. The van der Waals surface area contributed by atoms with E-state index < -0.39 is 23.5 Å². The number of ether oxygens (including phenoxy) is 1. The Morgan fingerprint density at radius 2 is 1.93 bits per heavy atom. The number of esters is 1. The Morgan fingerprint density at radius 1 is 1.18 bits per heavy atom. The summed E-state index contributed by atoms with van der Waals surface area (Å²) >= 11 is 0. The van der Waals surface area contributed by atoms with Crippen LogP contribution in [0.4, 0.5) is 28.9 Å². The number of pyridine rings is 1. The molecule has 1 N–H and O–H groups in total. The SMILES string of the molecule is CCOC(=O)c1cnc2cc(C(F)(F)F)ccc2c1Nc1ccc(C)c(F)c1. The lowest BCUT2D eigenvalue weighted by Crippen LogP contribution is -2.10. The summed E-state index contributed by atoms with van der Waals surface area (Å²) in [5.41, 5.74) is 0.184. The third kappa shape index (κ3) is 3.90. The molecule has 4 nitrogen and oxygen atoms in total. The summed E-state index contributed by atoms with van der Waals surface area (Å²) in [6.07, 6.45) is -3.38. The fourth-order valence-electron chi connectivity index (χ4n) is 2.68. The zero-order chi connectivity index (χ0) is 20.5. The summed E-state index contributed by atoms with van der Waals surface area (Å²) in [4.78, 5) is 16.3. The molecule has 2 aromatic carbocycles. The van der Waals surface area contributed by atoms with E-state index in [9.17, 15) is 22.4 Å². The predicted octanol–water partition coefficient (Wildman–Crippen LogP) is 5.62. The number of nitrogens with one attached hydrogen (secondary N) is 1. The number of hydrogen-bond acceptors (Lipinski definition) is 4. The minimum atomic E-state index is -4.52. The van der Waals surface area contributed by atoms with E-state index in [1.165, 1.54) is 12.1 Å². The van der Waals surface area contributed by atoms with Crippen LogP contribution < -0.4 is 5.32 Å². The highest BCUT2D eigenvalue weighted by Crippen LogP contribution is 2.35. The van der Waals surface area contributed by atoms with E-state index in [0.717, 1.165) is 18.3 Å². The quantitative estimate of drug-likeness (QED) is 0.462. The van der Waals surface area contributed by atoms with Crippen LogP contribution >= 0.6 is 0 Å². The fourth-order valence-corrected chi connectivity index (χ4v) is 2.68. The average Bonchev–Trinajstić information content (AvgIpc) is 2.64. The second-order valence-electron chi connectivity index (χ2n) is 6.09. The number of aromatic nitrogens is 1. The van der Waals surface area contributed by atoms with E-state index in [2.05, 4.69) is 10.3 Å². The number of alkyl halides is 3. The minimum Gasteiger partial charge on any atom is -0.462 e. The number of benzene rings is 2. The molecular formula is C20H16F4N2O2. The predicted molar refractivity (Wildman–Crippen MR) is 97.1 cm³/mol. The number of nitrogens with zero attached hydrogens (tertiary/aromatic N) is 1. The van der Waals surface area contributed by atoms with Gasteiger partial charge < -0.3 is 10.1 Å². The van der Waals surface area contributed by atoms with E-state index in [-0.39, 0.29) is 28.8 Å². The lowest BCUT2D eigenvalue weighted by molar-refractivity contribution is -0.137. The van der Waals surface area contributed by atoms with Crippen LogP contribution in [0, 0.1) is 12.7 Å². The van der Waals surface area contributed by atoms with E-state index in [4.69, 9.17) is 4.74 Å². The molecule has 28 heavy (non-hydrogen) atoms. The molecule has 0 radical (unpaired) electrons. The Kier molecular flexibility index (Phi) is 5.22. The van der Waals surface area contributed by atoms with Gasteiger partial charge in [-0.15, -0.1) is 0 Å². The first kappa shape index (κ1) is 19.6. The molecule has 0 aliphatic carbocycles. The van der Waals surface area contributed by atoms with Gasteiger partial charge in [0, 0.05) is 17.3 Å². The van der Waals surface area contributed by atoms with Gasteiger partial charge in [-0.3, -0.25) is 4.98 Å². The van der Waals surface area contributed by atoms with Crippen LogP contribution in [-0.2, 0) is 10.9 Å². The molecule has 0 bridgehead atoms. The van der Waals surface area contributed by atoms with Gasteiger partial charge in [-0.05, 0) is 43.7 Å². The molecule has 8 heteroatoms. The van der Waals surface area contributed by atoms with Crippen LogP contribution in [0.1, 0.15) is 28.4 Å². The van der Waals surface area contributed by atoms with E-state index >= 15 is 0 Å². The topological polar surface area (TPSA) is 51.2 Å². The third-order valence-electron chi connectivity index (χ3n) is 4.13. The minimum absolute atomic E-state index is 0.0371. The summed E-state index contributed by atoms with van der Waals surface area (Å²) in [5, 5.41) is 3.20. The molecule has 0 amide bonds. The smallest absolute Gasteiger partial charge is 0.416 e. The number of halogens is 4. The number of aryl methyl sites for hydroxylation is 1. The van der Waals surface area contributed by atoms with Gasteiger partial charge in [0.1, 0.15) is 11.4 Å². The Balaban J connectivity index is 2.17. The number of carbonyl (C=O) groups is 1. The molecule has 0 spiro atoms. The van der Waals surface area contributed by atoms with E-state index in [0.29, 0.717) is 11.3 Å². The van der Waals surface area contributed by atoms with Gasteiger partial charge in [0.05, 0.1) is 23.4 Å². The van der Waals surface area contributed by atoms with Crippen molar-refractivity contribution in [3.05, 3.63) is 65.1 Å². The first-order valence-electron chi connectivity index (χ1n) is 8.41. The van der Waals surface area contributed by atoms with Crippen molar-refractivity contribution < 1.29 is 27.1 Å². The Bertz CT molecular complexity index is 1050. The molecule has 0 atom stereocenters. The summed E-state index contributed by atoms with van der Waals surface area (Å²) < 4.78 is 57.9. The molecule has 0 aliphatic rings. The monoisotopic (exact) mass is 392 g/mol. The molecule has 0 fully saturated rings. The molecule has 0 saturated heterocycles. The number of fused-ring (bicyclic) bond motifs is 1.